The van der Waals surface area contributed by atoms with E-state index in [-0.39, 0.29) is 0 Å². The Labute approximate surface area is 85.9 Å². The Morgan fingerprint density at radius 1 is 1.79 bits per heavy atom. The van der Waals surface area contributed by atoms with Crippen LogP contribution in [0.4, 0.5) is 0 Å². The summed E-state index contributed by atoms with van der Waals surface area (Å²) in [4.78, 5) is 14.6. The molecule has 0 spiro atoms. The molecule has 1 rings (SSSR count). The smallest absolute Gasteiger partial charge is 0.247 e. The average Bonchev–Trinajstić information content (AvgIpc) is 2.24. The fraction of sp³-hybridized carbons (Fsp3) is 0.111. The van der Waals surface area contributed by atoms with E-state index in [4.69, 9.17) is 4.74 Å². The third-order valence-electron chi connectivity index (χ3n) is 1.26. The van der Waals surface area contributed by atoms with E-state index in [0.717, 1.165) is 11.9 Å². The first kappa shape index (κ1) is 10.5. The van der Waals surface area contributed by atoms with E-state index in [2.05, 4.69) is 16.0 Å². The van der Waals surface area contributed by atoms with E-state index >= 15 is 0 Å². The van der Waals surface area contributed by atoms with Gasteiger partial charge in [0, 0.05) is 18.1 Å². The van der Waals surface area contributed by atoms with Crippen LogP contribution in [0.1, 0.15) is 0 Å². The first-order chi connectivity index (χ1) is 6.88. The van der Waals surface area contributed by atoms with E-state index in [0.29, 0.717) is 17.4 Å². The summed E-state index contributed by atoms with van der Waals surface area (Å²) in [5.41, 5.74) is 0. The molecule has 0 aliphatic heterocycles. The molecule has 0 aliphatic rings. The van der Waals surface area contributed by atoms with Crippen molar-refractivity contribution in [3.8, 4) is 5.88 Å². The number of nitrogens with zero attached hydrogens (tertiary/aromatic N) is 2. The number of isocyanates is 1. The Balaban J connectivity index is 2.78. The molecule has 0 saturated heterocycles. The van der Waals surface area contributed by atoms with Crippen molar-refractivity contribution < 1.29 is 9.53 Å². The van der Waals surface area contributed by atoms with Crippen LogP contribution in [0.3, 0.4) is 0 Å². The number of ether oxygens (including phenoxy) is 1. The van der Waals surface area contributed by atoms with Crippen LogP contribution in [-0.2, 0) is 4.79 Å². The molecule has 0 fully saturated rings. The van der Waals surface area contributed by atoms with Crippen molar-refractivity contribution in [2.24, 2.45) is 4.40 Å². The molecular formula is C9H8N2O2S. The first-order valence-electron chi connectivity index (χ1n) is 3.81. The molecular weight excluding hydrogens is 200 g/mol. The van der Waals surface area contributed by atoms with Crippen molar-refractivity contribution in [2.45, 2.75) is 4.90 Å². The number of rotatable bonds is 5. The van der Waals surface area contributed by atoms with Gasteiger partial charge in [-0.2, -0.15) is 0 Å². The van der Waals surface area contributed by atoms with Gasteiger partial charge in [0.25, 0.3) is 0 Å². The van der Waals surface area contributed by atoms with Crippen LogP contribution in [0.25, 0.3) is 0 Å². The maximum Gasteiger partial charge on any atom is 0.247 e. The third-order valence-corrected chi connectivity index (χ3v) is 1.93. The van der Waals surface area contributed by atoms with Crippen LogP contribution < -0.4 is 4.74 Å². The second-order valence-corrected chi connectivity index (χ2v) is 2.99. The number of hydrogen-bond acceptors (Lipinski definition) is 5. The Morgan fingerprint density at radius 2 is 2.64 bits per heavy atom. The molecule has 0 bridgehead atoms. The van der Waals surface area contributed by atoms with Crippen LogP contribution in [0.2, 0.25) is 0 Å². The minimum absolute atomic E-state index is 0.370. The highest BCUT2D eigenvalue weighted by Crippen LogP contribution is 2.26. The van der Waals surface area contributed by atoms with Crippen molar-refractivity contribution in [1.82, 2.24) is 4.98 Å². The van der Waals surface area contributed by atoms with Crippen LogP contribution in [0.15, 0.2) is 40.3 Å². The second-order valence-electron chi connectivity index (χ2n) is 2.18. The van der Waals surface area contributed by atoms with Gasteiger partial charge in [-0.05, 0) is 12.1 Å². The van der Waals surface area contributed by atoms with Gasteiger partial charge >= 0.3 is 0 Å². The number of carbonyl (C=O) groups excluding carboxylic acids is 1. The lowest BCUT2D eigenvalue weighted by atomic mass is 10.5. The second kappa shape index (κ2) is 5.96. The molecule has 0 N–H and O–H groups in total. The quantitative estimate of drug-likeness (QED) is 0.321. The predicted molar refractivity (Wildman–Crippen MR) is 53.9 cm³/mol. The SMILES string of the molecule is C=CCOc1ncccc1SN=C=O. The van der Waals surface area contributed by atoms with Crippen molar-refractivity contribution in [3.05, 3.63) is 31.0 Å². The highest BCUT2D eigenvalue weighted by Gasteiger charge is 2.03. The summed E-state index contributed by atoms with van der Waals surface area (Å²) in [5, 5.41) is 0. The minimum atomic E-state index is 0.370. The van der Waals surface area contributed by atoms with E-state index in [1.807, 2.05) is 0 Å². The zero-order valence-electron chi connectivity index (χ0n) is 7.34. The number of hydrogen-bond donors (Lipinski definition) is 0. The summed E-state index contributed by atoms with van der Waals surface area (Å²) in [6.07, 6.45) is 4.66. The molecule has 1 aromatic heterocycles. The highest BCUT2D eigenvalue weighted by atomic mass is 32.2. The average molecular weight is 208 g/mol. The predicted octanol–water partition coefficient (Wildman–Crippen LogP) is 1.99. The zero-order chi connectivity index (χ0) is 10.2. The lowest BCUT2D eigenvalue weighted by molar-refractivity contribution is 0.339. The van der Waals surface area contributed by atoms with Gasteiger partial charge in [-0.25, -0.2) is 9.78 Å². The Hall–Kier alpha value is -1.58. The maximum absolute atomic E-state index is 9.91. The molecule has 1 aromatic rings. The van der Waals surface area contributed by atoms with E-state index in [9.17, 15) is 4.79 Å². The molecule has 0 amide bonds. The van der Waals surface area contributed by atoms with Crippen molar-refractivity contribution in [1.29, 1.82) is 0 Å². The van der Waals surface area contributed by atoms with Crippen molar-refractivity contribution in [2.75, 3.05) is 6.61 Å². The van der Waals surface area contributed by atoms with Gasteiger partial charge in [0.2, 0.25) is 12.0 Å². The fourth-order valence-electron chi connectivity index (χ4n) is 0.760. The molecule has 0 aromatic carbocycles. The van der Waals surface area contributed by atoms with Crippen molar-refractivity contribution >= 4 is 18.0 Å². The molecule has 72 valence electrons. The standard InChI is InChI=1S/C9H8N2O2S/c1-2-6-13-9-8(14-11-7-12)4-3-5-10-9/h2-5H,1,6H2. The number of aromatic nitrogens is 1. The molecule has 0 unspecified atom stereocenters. The van der Waals surface area contributed by atoms with E-state index in [1.165, 1.54) is 6.08 Å². The summed E-state index contributed by atoms with van der Waals surface area (Å²) in [6, 6.07) is 3.50. The first-order valence-corrected chi connectivity index (χ1v) is 4.58. The summed E-state index contributed by atoms with van der Waals surface area (Å²) >= 11 is 0.977. The Kier molecular flexibility index (Phi) is 4.47. The monoisotopic (exact) mass is 208 g/mol. The molecule has 0 saturated carbocycles. The van der Waals surface area contributed by atoms with Crippen LogP contribution in [0, 0.1) is 0 Å². The summed E-state index contributed by atoms with van der Waals surface area (Å²) in [6.45, 7) is 3.89. The highest BCUT2D eigenvalue weighted by molar-refractivity contribution is 7.98. The Bertz CT molecular complexity index is 362. The van der Waals surface area contributed by atoms with Gasteiger partial charge < -0.3 is 4.74 Å². The van der Waals surface area contributed by atoms with Gasteiger partial charge in [0.05, 0.1) is 4.90 Å². The van der Waals surface area contributed by atoms with Gasteiger partial charge in [0.1, 0.15) is 6.61 Å². The molecule has 14 heavy (non-hydrogen) atoms. The molecule has 0 radical (unpaired) electrons. The molecule has 1 heterocycles. The summed E-state index contributed by atoms with van der Waals surface area (Å²) < 4.78 is 8.62. The van der Waals surface area contributed by atoms with Gasteiger partial charge in [-0.3, -0.25) is 0 Å². The molecule has 0 aliphatic carbocycles. The summed E-state index contributed by atoms with van der Waals surface area (Å²) in [5.74, 6) is 0.441. The van der Waals surface area contributed by atoms with Crippen LogP contribution >= 0.6 is 11.9 Å². The van der Waals surface area contributed by atoms with Crippen LogP contribution in [-0.4, -0.2) is 17.7 Å². The zero-order valence-corrected chi connectivity index (χ0v) is 8.16. The largest absolute Gasteiger partial charge is 0.473 e. The lowest BCUT2D eigenvalue weighted by Gasteiger charge is -2.04. The normalized spacial score (nSPS) is 8.86. The number of pyridine rings is 1. The van der Waals surface area contributed by atoms with E-state index < -0.39 is 0 Å². The fourth-order valence-corrected chi connectivity index (χ4v) is 1.22. The lowest BCUT2D eigenvalue weighted by Crippen LogP contribution is -1.96. The molecule has 5 heteroatoms. The Morgan fingerprint density at radius 3 is 3.36 bits per heavy atom. The van der Waals surface area contributed by atoms with Gasteiger partial charge in [0.15, 0.2) is 0 Å². The van der Waals surface area contributed by atoms with Crippen LogP contribution in [0.5, 0.6) is 5.88 Å². The molecule has 4 nitrogen and oxygen atoms in total. The summed E-state index contributed by atoms with van der Waals surface area (Å²) in [7, 11) is 0. The van der Waals surface area contributed by atoms with Gasteiger partial charge in [-0.1, -0.05) is 12.7 Å². The maximum atomic E-state index is 9.91. The minimum Gasteiger partial charge on any atom is -0.473 e. The van der Waals surface area contributed by atoms with E-state index in [1.54, 1.807) is 24.4 Å². The topological polar surface area (TPSA) is 51.6 Å². The van der Waals surface area contributed by atoms with Crippen molar-refractivity contribution in [3.63, 3.8) is 0 Å². The van der Waals surface area contributed by atoms with Gasteiger partial charge in [-0.15, -0.1) is 4.40 Å². The third kappa shape index (κ3) is 3.05. The molecule has 0 atom stereocenters.